The summed E-state index contributed by atoms with van der Waals surface area (Å²) >= 11 is 0. The average molecular weight is 445 g/mol. The largest absolute Gasteiger partial charge is 0.414 e. The first-order valence-electron chi connectivity index (χ1n) is 12.8. The highest BCUT2D eigenvalue weighted by Gasteiger charge is 2.50. The van der Waals surface area contributed by atoms with Crippen LogP contribution in [0.25, 0.3) is 0 Å². The molecule has 0 bridgehead atoms. The van der Waals surface area contributed by atoms with E-state index in [1.807, 2.05) is 0 Å². The molecule has 3 saturated carbocycles. The van der Waals surface area contributed by atoms with E-state index in [-0.39, 0.29) is 5.04 Å². The Balaban J connectivity index is 1.75. The van der Waals surface area contributed by atoms with Crippen LogP contribution < -0.4 is 0 Å². The molecule has 0 radical (unpaired) electrons. The Morgan fingerprint density at radius 3 is 2.55 bits per heavy atom. The molecule has 3 aliphatic carbocycles. The number of fused-ring (bicyclic) bond motifs is 1. The van der Waals surface area contributed by atoms with Gasteiger partial charge in [0.1, 0.15) is 0 Å². The fourth-order valence-electron chi connectivity index (χ4n) is 6.42. The van der Waals surface area contributed by atoms with Crippen LogP contribution in [-0.2, 0) is 4.43 Å². The number of rotatable bonds is 5. The lowest BCUT2D eigenvalue weighted by molar-refractivity contribution is 0.0690. The number of hydrogen-bond acceptors (Lipinski definition) is 2. The first-order chi connectivity index (χ1) is 14.4. The van der Waals surface area contributed by atoms with E-state index < -0.39 is 8.32 Å². The molecule has 0 aliphatic heterocycles. The highest BCUT2D eigenvalue weighted by molar-refractivity contribution is 6.74. The molecule has 0 aromatic carbocycles. The van der Waals surface area contributed by atoms with E-state index in [0.717, 1.165) is 19.3 Å². The molecule has 0 saturated heterocycles. The second-order valence-electron chi connectivity index (χ2n) is 12.5. The molecule has 31 heavy (non-hydrogen) atoms. The molecule has 3 heteroatoms. The molecule has 176 valence electrons. The Labute approximate surface area is 193 Å². The minimum Gasteiger partial charge on any atom is -0.414 e. The monoisotopic (exact) mass is 444 g/mol. The second-order valence-corrected chi connectivity index (χ2v) is 17.3. The van der Waals surface area contributed by atoms with Gasteiger partial charge < -0.3 is 9.53 Å². The molecule has 0 unspecified atom stereocenters. The van der Waals surface area contributed by atoms with E-state index in [1.54, 1.807) is 5.57 Å². The van der Waals surface area contributed by atoms with Crippen molar-refractivity contribution in [2.45, 2.75) is 110 Å². The molecule has 0 spiro atoms. The summed E-state index contributed by atoms with van der Waals surface area (Å²) in [5.74, 6) is 1.76. The van der Waals surface area contributed by atoms with Crippen LogP contribution in [0.1, 0.15) is 86.0 Å². The van der Waals surface area contributed by atoms with E-state index >= 15 is 0 Å². The summed E-state index contributed by atoms with van der Waals surface area (Å²) in [6.07, 6.45) is 14.8. The molecular weight excluding hydrogens is 396 g/mol. The summed E-state index contributed by atoms with van der Waals surface area (Å²) in [7, 11) is -1.74. The van der Waals surface area contributed by atoms with Gasteiger partial charge in [0.2, 0.25) is 0 Å². The number of aliphatic hydroxyl groups excluding tert-OH is 1. The maximum Gasteiger partial charge on any atom is 0.192 e. The number of allylic oxidation sites excluding steroid dienone is 4. The van der Waals surface area contributed by atoms with Gasteiger partial charge in [0.05, 0.1) is 0 Å². The molecule has 0 heterocycles. The Kier molecular flexibility index (Phi) is 7.50. The van der Waals surface area contributed by atoms with Gasteiger partial charge in [0, 0.05) is 12.7 Å². The van der Waals surface area contributed by atoms with Crippen molar-refractivity contribution < 1.29 is 9.53 Å². The van der Waals surface area contributed by atoms with Crippen molar-refractivity contribution in [2.24, 2.45) is 23.2 Å². The van der Waals surface area contributed by atoms with E-state index in [0.29, 0.717) is 35.9 Å². The number of hydrogen-bond donors (Lipinski definition) is 1. The van der Waals surface area contributed by atoms with Gasteiger partial charge in [-0.05, 0) is 98.2 Å². The molecule has 0 aromatic rings. The van der Waals surface area contributed by atoms with Gasteiger partial charge >= 0.3 is 0 Å². The minimum absolute atomic E-state index is 0.255. The quantitative estimate of drug-likeness (QED) is 0.438. The Hall–Kier alpha value is -0.643. The van der Waals surface area contributed by atoms with Crippen LogP contribution in [0.15, 0.2) is 35.5 Å². The molecule has 0 amide bonds. The van der Waals surface area contributed by atoms with Gasteiger partial charge in [-0.25, -0.2) is 0 Å². The maximum absolute atomic E-state index is 9.78. The van der Waals surface area contributed by atoms with Gasteiger partial charge in [-0.3, -0.25) is 0 Å². The highest BCUT2D eigenvalue weighted by atomic mass is 28.4. The van der Waals surface area contributed by atoms with E-state index in [4.69, 9.17) is 4.43 Å². The zero-order valence-corrected chi connectivity index (χ0v) is 22.4. The highest BCUT2D eigenvalue weighted by Crippen LogP contribution is 2.59. The fraction of sp³-hybridized carbons (Fsp3) is 0.786. The van der Waals surface area contributed by atoms with E-state index in [1.165, 1.54) is 43.3 Å². The van der Waals surface area contributed by atoms with Crippen LogP contribution >= 0.6 is 0 Å². The average Bonchev–Trinajstić information content (AvgIpc) is 3.04. The van der Waals surface area contributed by atoms with Crippen molar-refractivity contribution >= 4 is 8.32 Å². The summed E-state index contributed by atoms with van der Waals surface area (Å²) in [4.78, 5) is 0. The topological polar surface area (TPSA) is 29.5 Å². The lowest BCUT2D eigenvalue weighted by Crippen LogP contribution is -2.44. The molecule has 3 aliphatic rings. The molecule has 1 N–H and O–H groups in total. The third-order valence-electron chi connectivity index (χ3n) is 9.45. The van der Waals surface area contributed by atoms with Gasteiger partial charge in [-0.2, -0.15) is 0 Å². The summed E-state index contributed by atoms with van der Waals surface area (Å²) in [5, 5.41) is 10.0. The van der Waals surface area contributed by atoms with E-state index in [9.17, 15) is 5.11 Å². The molecule has 3 fully saturated rings. The first-order valence-corrected chi connectivity index (χ1v) is 15.7. The first kappa shape index (κ1) is 25.0. The molecule has 3 rings (SSSR count). The van der Waals surface area contributed by atoms with Crippen LogP contribution in [0.2, 0.25) is 18.1 Å². The van der Waals surface area contributed by atoms with Crippen molar-refractivity contribution in [2.75, 3.05) is 6.61 Å². The smallest absolute Gasteiger partial charge is 0.192 e. The minimum atomic E-state index is -1.74. The summed E-state index contributed by atoms with van der Waals surface area (Å²) in [5.41, 5.74) is 4.73. The summed E-state index contributed by atoms with van der Waals surface area (Å²) < 4.78 is 6.76. The lowest BCUT2D eigenvalue weighted by atomic mass is 9.61. The lowest BCUT2D eigenvalue weighted by Gasteiger charge is -2.44. The predicted octanol–water partition coefficient (Wildman–Crippen LogP) is 7.81. The van der Waals surface area contributed by atoms with Crippen molar-refractivity contribution in [3.05, 3.63) is 35.5 Å². The third kappa shape index (κ3) is 5.14. The second kappa shape index (κ2) is 9.31. The Morgan fingerprint density at radius 2 is 1.90 bits per heavy atom. The maximum atomic E-state index is 9.78. The standard InChI is InChI=1S/C28H48O2Si/c1-20-11-14-24(30-31(7,8)27(3,4)5)18-23(20)13-12-22-10-9-17-28(6)25(21(2)19-29)15-16-26(22)28/h12-13,21,24-26,29H,1,9-11,14-19H2,2-8H3/b22-12+,23-13?/t21-,24+,25-,26+,28-/m1/s1. The van der Waals surface area contributed by atoms with Crippen LogP contribution in [0, 0.1) is 23.2 Å². The third-order valence-corrected chi connectivity index (χ3v) is 14.0. The molecule has 5 atom stereocenters. The Bertz CT molecular complexity index is 726. The molecule has 0 aromatic heterocycles. The number of aliphatic hydroxyl groups is 1. The fourth-order valence-corrected chi connectivity index (χ4v) is 7.80. The van der Waals surface area contributed by atoms with Crippen LogP contribution in [0.3, 0.4) is 0 Å². The molecule has 2 nitrogen and oxygen atoms in total. The van der Waals surface area contributed by atoms with E-state index in [2.05, 4.69) is 66.4 Å². The van der Waals surface area contributed by atoms with Gasteiger partial charge in [0.15, 0.2) is 8.32 Å². The summed E-state index contributed by atoms with van der Waals surface area (Å²) in [6.45, 7) is 21.2. The van der Waals surface area contributed by atoms with Crippen molar-refractivity contribution in [3.8, 4) is 0 Å². The normalized spacial score (nSPS) is 36.1. The van der Waals surface area contributed by atoms with Gasteiger partial charge in [0.25, 0.3) is 0 Å². The van der Waals surface area contributed by atoms with Crippen molar-refractivity contribution in [1.29, 1.82) is 0 Å². The zero-order chi connectivity index (χ0) is 23.0. The predicted molar refractivity (Wildman–Crippen MR) is 136 cm³/mol. The van der Waals surface area contributed by atoms with Gasteiger partial charge in [-0.1, -0.05) is 64.5 Å². The van der Waals surface area contributed by atoms with Crippen molar-refractivity contribution in [3.63, 3.8) is 0 Å². The summed E-state index contributed by atoms with van der Waals surface area (Å²) in [6, 6.07) is 0. The zero-order valence-electron chi connectivity index (χ0n) is 21.4. The van der Waals surface area contributed by atoms with Crippen LogP contribution in [-0.4, -0.2) is 26.1 Å². The van der Waals surface area contributed by atoms with Crippen LogP contribution in [0.5, 0.6) is 0 Å². The Morgan fingerprint density at radius 1 is 1.19 bits per heavy atom. The SMILES string of the molecule is C=C1CC[C@H](O[Si](C)(C)C(C)(C)C)CC1=C/C=C1\CCC[C@]2(C)[C@@H]([C@H](C)CO)CC[C@@H]12. The van der Waals surface area contributed by atoms with Crippen molar-refractivity contribution in [1.82, 2.24) is 0 Å². The molecular formula is C28H48O2Si. The van der Waals surface area contributed by atoms with Crippen LogP contribution in [0.4, 0.5) is 0 Å². The van der Waals surface area contributed by atoms with Gasteiger partial charge in [-0.15, -0.1) is 0 Å².